The molecular weight excluding hydrogens is 1180 g/mol. The van der Waals surface area contributed by atoms with Crippen LogP contribution in [0.5, 0.6) is 0 Å². The summed E-state index contributed by atoms with van der Waals surface area (Å²) >= 11 is 0. The van der Waals surface area contributed by atoms with E-state index >= 15 is 4.79 Å². The fourth-order valence-corrected chi connectivity index (χ4v) is 9.65. The number of hydrogen-bond acceptors (Lipinski definition) is 17. The summed E-state index contributed by atoms with van der Waals surface area (Å²) in [4.78, 5) is 171. The Balaban J connectivity index is 3.13. The number of aliphatic hydroxyl groups excluding tert-OH is 3. The average molecular weight is 1290 g/mol. The average Bonchev–Trinajstić information content (AvgIpc) is 1.07. The number of primary amides is 1. The van der Waals surface area contributed by atoms with E-state index in [4.69, 9.17) is 22.6 Å². The van der Waals surface area contributed by atoms with Gasteiger partial charge in [0.15, 0.2) is 5.96 Å². The van der Waals surface area contributed by atoms with Gasteiger partial charge in [-0.1, -0.05) is 120 Å². The summed E-state index contributed by atoms with van der Waals surface area (Å²) in [5.41, 5.74) is 16.3. The Bertz CT molecular complexity index is 2680. The Morgan fingerprint density at radius 3 is 1.70 bits per heavy atom. The van der Waals surface area contributed by atoms with E-state index in [1.54, 1.807) is 54.5 Å². The molecule has 0 bridgehead atoms. The quantitative estimate of drug-likeness (QED) is 0.0318. The van der Waals surface area contributed by atoms with Crippen LogP contribution in [0.3, 0.4) is 0 Å². The largest absolute Gasteiger partial charge is 0.394 e. The molecule has 512 valence electrons. The second-order valence-corrected chi connectivity index (χ2v) is 26.4. The molecule has 1 aromatic carbocycles. The first-order valence-electron chi connectivity index (χ1n) is 30.6. The maximum absolute atomic E-state index is 15.5. The summed E-state index contributed by atoms with van der Waals surface area (Å²) in [6.45, 7) is 19.7. The predicted octanol–water partition coefficient (Wildman–Crippen LogP) is -3.84. The third-order valence-electron chi connectivity index (χ3n) is 14.7. The highest BCUT2D eigenvalue weighted by Crippen LogP contribution is 2.25. The van der Waals surface area contributed by atoms with Gasteiger partial charge in [0.2, 0.25) is 70.9 Å². The molecule has 22 N–H and O–H groups in total. The number of benzene rings is 1. The first-order valence-corrected chi connectivity index (χ1v) is 30.6. The second kappa shape index (κ2) is 36.7. The summed E-state index contributed by atoms with van der Waals surface area (Å²) in [6, 6.07) is -11.1. The van der Waals surface area contributed by atoms with Gasteiger partial charge in [0.25, 0.3) is 0 Å². The topological polar surface area (TPSA) is 512 Å². The summed E-state index contributed by atoms with van der Waals surface area (Å²) < 4.78 is 0. The zero-order valence-corrected chi connectivity index (χ0v) is 54.7. The van der Waals surface area contributed by atoms with Crippen LogP contribution in [0.4, 0.5) is 0 Å². The molecule has 2 rings (SSSR count). The lowest BCUT2D eigenvalue weighted by atomic mass is 9.86. The van der Waals surface area contributed by atoms with Gasteiger partial charge in [-0.3, -0.25) is 62.9 Å². The molecule has 0 unspecified atom stereocenters. The van der Waals surface area contributed by atoms with Crippen LogP contribution in [-0.2, 0) is 57.5 Å². The number of aliphatic hydroxyl groups is 3. The lowest BCUT2D eigenvalue weighted by Gasteiger charge is -2.35. The standard InChI is InChI=1S/C60H102N16O15/c1-14-31(6)42-55(89)73-43(32(7)78)54(88)66-27-41(80)67-37(24-40(62)79)51(85)71-39(28-77)53(87)74-44(33-19-16-15-17-20-33)45(75-52(86)38(26-60(11,12)13)70-48(82)34(61)25-59(8,9)10)56(90)76-46(47(81)30(4)5)57(91)69-36(23-29(2)3)50(84)68-35(49(83)72-42)21-18-22-65-58(63)64/h15-17,19-20,29-32,34-39,42-47,77-78,81H,14,18,21-28,61H2,1-13H3,(H2,62,79)(H,66,88)(H,67,80)(H,68,84)(H,69,91)(H,70,82)(H,71,85)(H,72,83)(H,73,89)(H,74,87)(H,75,86)(H,76,90)(H4,63,64,65)/t31-,32-,34+,35+,36-,37-,38-,39-,42-,43-,44+,45-,46-,47+/m0/s1. The molecule has 0 saturated carbocycles. The van der Waals surface area contributed by atoms with Gasteiger partial charge in [0.05, 0.1) is 43.9 Å². The number of rotatable bonds is 21. The van der Waals surface area contributed by atoms with Gasteiger partial charge in [-0.25, -0.2) is 0 Å². The van der Waals surface area contributed by atoms with Crippen LogP contribution in [0.15, 0.2) is 30.3 Å². The zero-order valence-electron chi connectivity index (χ0n) is 54.7. The number of hydrogen-bond donors (Lipinski definition) is 19. The van der Waals surface area contributed by atoms with Crippen LogP contribution in [0.25, 0.3) is 0 Å². The van der Waals surface area contributed by atoms with Crippen molar-refractivity contribution in [1.82, 2.24) is 63.8 Å². The third kappa shape index (κ3) is 27.5. The van der Waals surface area contributed by atoms with Crippen LogP contribution in [-0.4, -0.2) is 184 Å². The molecule has 1 saturated heterocycles. The summed E-state index contributed by atoms with van der Waals surface area (Å²) in [6.07, 6.45) is -4.17. The number of guanidine groups is 1. The zero-order chi connectivity index (χ0) is 69.4. The van der Waals surface area contributed by atoms with Gasteiger partial charge >= 0.3 is 0 Å². The highest BCUT2D eigenvalue weighted by atomic mass is 16.3. The van der Waals surface area contributed by atoms with Crippen molar-refractivity contribution in [1.29, 1.82) is 5.41 Å². The molecular formula is C60H102N16O15. The van der Waals surface area contributed by atoms with Gasteiger partial charge in [0, 0.05) is 6.54 Å². The molecule has 1 fully saturated rings. The van der Waals surface area contributed by atoms with Gasteiger partial charge < -0.3 is 96.3 Å². The van der Waals surface area contributed by atoms with E-state index in [9.17, 15) is 68.1 Å². The molecule has 91 heavy (non-hydrogen) atoms. The summed E-state index contributed by atoms with van der Waals surface area (Å²) in [5, 5.41) is 71.0. The minimum absolute atomic E-state index is 0.0306. The molecule has 1 aliphatic heterocycles. The van der Waals surface area contributed by atoms with Crippen molar-refractivity contribution in [3.63, 3.8) is 0 Å². The van der Waals surface area contributed by atoms with Gasteiger partial charge in [-0.05, 0) is 73.2 Å². The summed E-state index contributed by atoms with van der Waals surface area (Å²) in [5.74, 6) is -15.3. The number of nitrogens with two attached hydrogens (primary N) is 3. The van der Waals surface area contributed by atoms with Crippen LogP contribution in [0.1, 0.15) is 147 Å². The van der Waals surface area contributed by atoms with Crippen LogP contribution in [0, 0.1) is 34.0 Å². The molecule has 12 amide bonds. The van der Waals surface area contributed by atoms with Gasteiger partial charge in [0.1, 0.15) is 54.4 Å². The van der Waals surface area contributed by atoms with Crippen molar-refractivity contribution in [2.24, 2.45) is 45.8 Å². The number of amides is 12. The molecule has 0 aromatic heterocycles. The Hall–Kier alpha value is -8.03. The second-order valence-electron chi connectivity index (χ2n) is 26.4. The van der Waals surface area contributed by atoms with Crippen molar-refractivity contribution < 1.29 is 72.9 Å². The van der Waals surface area contributed by atoms with E-state index in [0.29, 0.717) is 0 Å². The van der Waals surface area contributed by atoms with Crippen LogP contribution >= 0.6 is 0 Å². The first-order chi connectivity index (χ1) is 42.2. The van der Waals surface area contributed by atoms with Gasteiger partial charge in [-0.15, -0.1) is 0 Å². The van der Waals surface area contributed by atoms with E-state index in [1.807, 2.05) is 20.8 Å². The van der Waals surface area contributed by atoms with E-state index in [1.165, 1.54) is 38.1 Å². The minimum Gasteiger partial charge on any atom is -0.394 e. The number of carbonyl (C=O) groups excluding carboxylic acids is 12. The smallest absolute Gasteiger partial charge is 0.245 e. The molecule has 31 heteroatoms. The Morgan fingerprint density at radius 1 is 0.648 bits per heavy atom. The van der Waals surface area contributed by atoms with Crippen molar-refractivity contribution in [2.45, 2.75) is 214 Å². The van der Waals surface area contributed by atoms with Crippen LogP contribution in [0.2, 0.25) is 0 Å². The molecule has 1 aromatic rings. The maximum atomic E-state index is 15.5. The molecule has 31 nitrogen and oxygen atoms in total. The molecule has 0 aliphatic carbocycles. The molecule has 0 spiro atoms. The molecule has 14 atom stereocenters. The Morgan fingerprint density at radius 2 is 1.18 bits per heavy atom. The maximum Gasteiger partial charge on any atom is 0.245 e. The SMILES string of the molecule is CC[C@H](C)[C@@H]1NC(=O)[C@@H](CCCNC(=N)N)NC(=O)[C@H](CC(C)C)NC(=O)[C@H]([C@H](O)C(C)C)NC(=O)[C@@H](NC(=O)[C@H](CC(C)(C)C)NC(=O)[C@H](N)CC(C)(C)C)[C@@H](c2ccccc2)NC(=O)[C@H](CO)NC(=O)[C@H](CC(N)=O)NC(=O)CNC(=O)[C@H]([C@H](C)O)NC1=O. The fraction of sp³-hybridized carbons (Fsp3) is 0.683. The highest BCUT2D eigenvalue weighted by Gasteiger charge is 2.43. The van der Waals surface area contributed by atoms with Crippen molar-refractivity contribution in [3.05, 3.63) is 35.9 Å². The van der Waals surface area contributed by atoms with Crippen LogP contribution < -0.4 is 81.0 Å². The monoisotopic (exact) mass is 1290 g/mol. The van der Waals surface area contributed by atoms with Crippen molar-refractivity contribution in [3.8, 4) is 0 Å². The number of nitrogens with one attached hydrogen (secondary N) is 13. The first kappa shape index (κ1) is 79.1. The molecule has 1 aliphatic rings. The normalized spacial score (nSPS) is 24.5. The van der Waals surface area contributed by atoms with Crippen molar-refractivity contribution in [2.75, 3.05) is 19.7 Å². The molecule has 0 radical (unpaired) electrons. The predicted molar refractivity (Wildman–Crippen MR) is 335 cm³/mol. The van der Waals surface area contributed by atoms with E-state index in [2.05, 4.69) is 63.8 Å². The summed E-state index contributed by atoms with van der Waals surface area (Å²) in [7, 11) is 0. The van der Waals surface area contributed by atoms with E-state index < -0.39 is 198 Å². The Kier molecular flexibility index (Phi) is 31.9. The minimum atomic E-state index is -2.06. The lowest BCUT2D eigenvalue weighted by molar-refractivity contribution is -0.139. The van der Waals surface area contributed by atoms with E-state index in [-0.39, 0.29) is 56.6 Å². The number of carbonyl (C=O) groups is 12. The van der Waals surface area contributed by atoms with E-state index in [0.717, 1.165) is 6.92 Å². The van der Waals surface area contributed by atoms with Gasteiger partial charge in [-0.2, -0.15) is 0 Å². The fourth-order valence-electron chi connectivity index (χ4n) is 9.65. The lowest BCUT2D eigenvalue weighted by Crippen LogP contribution is -2.65. The highest BCUT2D eigenvalue weighted by molar-refractivity contribution is 6.00. The Labute approximate surface area is 532 Å². The molecule has 1 heterocycles. The van der Waals surface area contributed by atoms with Crippen molar-refractivity contribution >= 4 is 76.8 Å². The third-order valence-corrected chi connectivity index (χ3v) is 14.7.